The van der Waals surface area contributed by atoms with Crippen molar-refractivity contribution in [3.05, 3.63) is 48.5 Å². The quantitative estimate of drug-likeness (QED) is 0.145. The molecule has 0 aliphatic rings. The smallest absolute Gasteiger partial charge is 0.326 e. The fourth-order valence-electron chi connectivity index (χ4n) is 3.65. The van der Waals surface area contributed by atoms with E-state index in [-0.39, 0.29) is 25.1 Å². The van der Waals surface area contributed by atoms with E-state index < -0.39 is 37.6 Å². The molecule has 0 aliphatic heterocycles. The third kappa shape index (κ3) is 8.90. The van der Waals surface area contributed by atoms with Gasteiger partial charge in [-0.05, 0) is 40.2 Å². The lowest BCUT2D eigenvalue weighted by Crippen LogP contribution is -2.47. The predicted molar refractivity (Wildman–Crippen MR) is 148 cm³/mol. The van der Waals surface area contributed by atoms with Crippen LogP contribution in [0.3, 0.4) is 0 Å². The van der Waals surface area contributed by atoms with Crippen molar-refractivity contribution < 1.29 is 32.9 Å². The molecule has 0 saturated carbocycles. The number of aromatic nitrogens is 4. The van der Waals surface area contributed by atoms with E-state index in [1.165, 1.54) is 20.2 Å². The number of nitrogen functional groups attached to an aromatic ring is 1. The van der Waals surface area contributed by atoms with Crippen molar-refractivity contribution in [3.63, 3.8) is 0 Å². The lowest BCUT2D eigenvalue weighted by atomic mass is 10.1. The van der Waals surface area contributed by atoms with Gasteiger partial charge in [0.1, 0.15) is 36.4 Å². The summed E-state index contributed by atoms with van der Waals surface area (Å²) in [6.07, 6.45) is 1.12. The number of esters is 1. The Hall–Kier alpha value is -3.22. The second-order valence-corrected chi connectivity index (χ2v) is 12.1. The molecule has 14 heteroatoms. The van der Waals surface area contributed by atoms with Gasteiger partial charge >= 0.3 is 5.97 Å². The van der Waals surface area contributed by atoms with Crippen LogP contribution in [0.5, 0.6) is 0 Å². The van der Waals surface area contributed by atoms with Crippen LogP contribution < -0.4 is 10.8 Å². The van der Waals surface area contributed by atoms with Crippen molar-refractivity contribution in [1.29, 1.82) is 0 Å². The molecule has 0 fully saturated rings. The fraction of sp³-hybridized carbons (Fsp3) is 0.500. The van der Waals surface area contributed by atoms with E-state index in [0.29, 0.717) is 24.0 Å². The molecule has 3 N–H and O–H groups in total. The van der Waals surface area contributed by atoms with Gasteiger partial charge < -0.3 is 33.8 Å². The van der Waals surface area contributed by atoms with Gasteiger partial charge in [0.15, 0.2) is 17.8 Å². The van der Waals surface area contributed by atoms with Gasteiger partial charge in [-0.1, -0.05) is 30.3 Å². The highest BCUT2D eigenvalue weighted by atomic mass is 31.2. The van der Waals surface area contributed by atoms with E-state index >= 15 is 0 Å². The Morgan fingerprint density at radius 3 is 2.55 bits per heavy atom. The van der Waals surface area contributed by atoms with Crippen LogP contribution in [0.4, 0.5) is 5.82 Å². The number of nitrogens with zero attached hydrogens (tertiary/aromatic N) is 4. The van der Waals surface area contributed by atoms with Gasteiger partial charge in [-0.2, -0.15) is 0 Å². The maximum Gasteiger partial charge on any atom is 0.326 e. The van der Waals surface area contributed by atoms with Crippen molar-refractivity contribution >= 4 is 36.8 Å². The van der Waals surface area contributed by atoms with Crippen LogP contribution in [0.25, 0.3) is 11.2 Å². The van der Waals surface area contributed by atoms with Gasteiger partial charge in [-0.25, -0.2) is 20.0 Å². The van der Waals surface area contributed by atoms with E-state index in [4.69, 9.17) is 24.5 Å². The molecule has 3 rings (SSSR count). The molecule has 1 aromatic carbocycles. The lowest BCUT2D eigenvalue weighted by molar-refractivity contribution is -0.151. The number of carbonyl (C=O) groups is 2. The summed E-state index contributed by atoms with van der Waals surface area (Å²) in [7, 11) is -3.98. The first kappa shape index (κ1) is 31.3. The van der Waals surface area contributed by atoms with Gasteiger partial charge in [0.25, 0.3) is 7.52 Å². The van der Waals surface area contributed by atoms with E-state index in [1.54, 1.807) is 31.7 Å². The molecule has 3 atom stereocenters. The number of rotatable bonds is 16. The van der Waals surface area contributed by atoms with Crippen LogP contribution in [0.1, 0.15) is 40.2 Å². The molecule has 1 unspecified atom stereocenters. The zero-order chi connectivity index (χ0) is 29.3. The Kier molecular flexibility index (Phi) is 10.9. The number of nitrogens with two attached hydrogens (primary N) is 1. The maximum atomic E-state index is 14.0. The summed E-state index contributed by atoms with van der Waals surface area (Å²) in [6, 6.07) is 9.17. The Balaban J connectivity index is 1.72. The molecule has 0 aliphatic carbocycles. The number of hydrogen-bond donors (Lipinski definition) is 2. The maximum absolute atomic E-state index is 14.0. The van der Waals surface area contributed by atoms with E-state index in [2.05, 4.69) is 20.0 Å². The molecule has 13 nitrogen and oxygen atoms in total. The number of fused-ring (bicyclic) bond motifs is 1. The topological polar surface area (TPSA) is 170 Å². The number of hydrogen-bond acceptors (Lipinski definition) is 11. The third-order valence-corrected chi connectivity index (χ3v) is 7.64. The normalized spacial score (nSPS) is 15.1. The van der Waals surface area contributed by atoms with Crippen molar-refractivity contribution in [2.45, 2.75) is 71.6 Å². The summed E-state index contributed by atoms with van der Waals surface area (Å²) in [6.45, 7) is 8.61. The summed E-state index contributed by atoms with van der Waals surface area (Å²) in [4.78, 5) is 37.1. The zero-order valence-corrected chi connectivity index (χ0v) is 24.2. The number of ether oxygens (including phenoxy) is 3. The largest absolute Gasteiger partial charge is 0.459 e. The fourth-order valence-corrected chi connectivity index (χ4v) is 5.77. The Labute approximate surface area is 233 Å². The average Bonchev–Trinajstić information content (AvgIpc) is 3.32. The highest BCUT2D eigenvalue weighted by molar-refractivity contribution is 7.56. The lowest BCUT2D eigenvalue weighted by Gasteiger charge is -2.31. The van der Waals surface area contributed by atoms with Gasteiger partial charge in [-0.15, -0.1) is 0 Å². The van der Waals surface area contributed by atoms with E-state index in [9.17, 15) is 14.2 Å². The van der Waals surface area contributed by atoms with E-state index in [0.717, 1.165) is 5.56 Å². The minimum Gasteiger partial charge on any atom is -0.459 e. The van der Waals surface area contributed by atoms with Gasteiger partial charge in [0.2, 0.25) is 0 Å². The highest BCUT2D eigenvalue weighted by Gasteiger charge is 2.40. The molecular weight excluding hydrogens is 539 g/mol. The number of imidazole rings is 1. The monoisotopic (exact) mass is 576 g/mol. The summed E-state index contributed by atoms with van der Waals surface area (Å²) in [5.74, 6) is -0.402. The zero-order valence-electron chi connectivity index (χ0n) is 23.4. The van der Waals surface area contributed by atoms with Crippen molar-refractivity contribution in [3.8, 4) is 0 Å². The van der Waals surface area contributed by atoms with Crippen LogP contribution in [0, 0.1) is 0 Å². The minimum absolute atomic E-state index is 0.0373. The predicted octanol–water partition coefficient (Wildman–Crippen LogP) is 3.08. The second kappa shape index (κ2) is 13.9. The number of nitrogens with one attached hydrogen (secondary N) is 1. The summed E-state index contributed by atoms with van der Waals surface area (Å²) >= 11 is 0. The number of carbonyl (C=O) groups excluding carboxylic acids is 2. The Morgan fingerprint density at radius 1 is 1.15 bits per heavy atom. The summed E-state index contributed by atoms with van der Waals surface area (Å²) in [5.41, 5.74) is 6.20. The first-order valence-electron chi connectivity index (χ1n) is 12.8. The van der Waals surface area contributed by atoms with Crippen molar-refractivity contribution in [2.24, 2.45) is 0 Å². The molecule has 0 radical (unpaired) electrons. The third-order valence-electron chi connectivity index (χ3n) is 5.64. The Morgan fingerprint density at radius 2 is 1.88 bits per heavy atom. The second-order valence-electron chi connectivity index (χ2n) is 10.1. The van der Waals surface area contributed by atoms with Crippen LogP contribution >= 0.6 is 7.52 Å². The number of aldehydes is 1. The summed E-state index contributed by atoms with van der Waals surface area (Å²) in [5, 5.41) is 2.77. The first-order chi connectivity index (χ1) is 18.9. The highest BCUT2D eigenvalue weighted by Crippen LogP contribution is 2.46. The molecule has 3 aromatic rings. The molecule has 218 valence electrons. The molecule has 2 aromatic heterocycles. The van der Waals surface area contributed by atoms with Crippen LogP contribution in [-0.4, -0.2) is 68.6 Å². The number of anilines is 1. The molecule has 0 spiro atoms. The molecule has 0 saturated heterocycles. The summed E-state index contributed by atoms with van der Waals surface area (Å²) < 4.78 is 38.3. The van der Waals surface area contributed by atoms with Crippen LogP contribution in [0.15, 0.2) is 43.0 Å². The van der Waals surface area contributed by atoms with Crippen molar-refractivity contribution in [1.82, 2.24) is 24.6 Å². The first-order valence-corrected chi connectivity index (χ1v) is 14.6. The van der Waals surface area contributed by atoms with Gasteiger partial charge in [0, 0.05) is 0 Å². The van der Waals surface area contributed by atoms with Crippen molar-refractivity contribution in [2.75, 3.05) is 18.7 Å². The molecule has 2 heterocycles. The van der Waals surface area contributed by atoms with Gasteiger partial charge in [0.05, 0.1) is 31.7 Å². The molecule has 40 heavy (non-hydrogen) atoms. The number of benzene rings is 1. The minimum atomic E-state index is -3.98. The van der Waals surface area contributed by atoms with Gasteiger partial charge in [-0.3, -0.25) is 9.36 Å². The molecular formula is C26H37N6O7P. The standard InChI is InChI=1S/C26H37N6O7P/c1-18(2)36-14-21(12-33)39-40(35,31-26(4,5)25(34)37-13-20-9-7-6-8-10-20)17-38-19(3)11-32-16-30-22-23(27)28-15-29-24(22)32/h6-10,12,15-16,18-19,21H,11,13-14,17H2,1-5H3,(H,31,35)(H2,27,28,29)/t19-,21-,40?/m1/s1. The molecule has 0 bridgehead atoms. The average molecular weight is 577 g/mol. The SMILES string of the molecule is CC(C)OC[C@@H](C=O)OP(=O)(CO[C@H](C)Cn1cnc2c(N)ncnc21)NC(C)(C)C(=O)OCc1ccccc1. The van der Waals surface area contributed by atoms with Crippen LogP contribution in [-0.2, 0) is 46.0 Å². The van der Waals surface area contributed by atoms with Crippen LogP contribution in [0.2, 0.25) is 0 Å². The Bertz CT molecular complexity index is 1320. The van der Waals surface area contributed by atoms with E-state index in [1.807, 2.05) is 30.3 Å². The molecule has 0 amide bonds.